The molecule has 0 radical (unpaired) electrons. The van der Waals surface area contributed by atoms with Crippen molar-refractivity contribution >= 4 is 0 Å². The van der Waals surface area contributed by atoms with Crippen LogP contribution in [0.2, 0.25) is 0 Å². The molecule has 1 aromatic rings. The highest BCUT2D eigenvalue weighted by atomic mass is 16.5. The van der Waals surface area contributed by atoms with Gasteiger partial charge in [0.05, 0.1) is 13.3 Å². The molecule has 0 saturated heterocycles. The van der Waals surface area contributed by atoms with Crippen LogP contribution < -0.4 is 10.1 Å². The second-order valence-electron chi connectivity index (χ2n) is 6.26. The monoisotopic (exact) mass is 290 g/mol. The van der Waals surface area contributed by atoms with Gasteiger partial charge in [-0.15, -0.1) is 0 Å². The van der Waals surface area contributed by atoms with Crippen molar-refractivity contribution in [1.82, 2.24) is 10.3 Å². The zero-order chi connectivity index (χ0) is 14.9. The molecule has 0 amide bonds. The fourth-order valence-electron chi connectivity index (χ4n) is 3.33. The standard InChI is InChI=1S/C18H30N2O/c1-3-10-20-18(11-15-8-6-4-5-7-9-15)16-12-17(21-2)14-19-13-16/h12-15,18,20H,3-11H2,1-2H3. The topological polar surface area (TPSA) is 34.2 Å². The summed E-state index contributed by atoms with van der Waals surface area (Å²) < 4.78 is 5.33. The van der Waals surface area contributed by atoms with E-state index in [0.717, 1.165) is 18.2 Å². The SMILES string of the molecule is CCCNC(CC1CCCCCC1)c1cncc(OC)c1. The molecule has 118 valence electrons. The molecule has 0 aliphatic heterocycles. The average Bonchev–Trinajstić information content (AvgIpc) is 2.80. The lowest BCUT2D eigenvalue weighted by Crippen LogP contribution is -2.24. The Hall–Kier alpha value is -1.09. The lowest BCUT2D eigenvalue weighted by Gasteiger charge is -2.24. The number of ether oxygens (including phenoxy) is 1. The maximum atomic E-state index is 5.33. The average molecular weight is 290 g/mol. The van der Waals surface area contributed by atoms with Crippen LogP contribution in [0.5, 0.6) is 5.75 Å². The van der Waals surface area contributed by atoms with E-state index in [9.17, 15) is 0 Å². The summed E-state index contributed by atoms with van der Waals surface area (Å²) in [4.78, 5) is 4.33. The second-order valence-corrected chi connectivity index (χ2v) is 6.26. The van der Waals surface area contributed by atoms with Gasteiger partial charge in [-0.3, -0.25) is 4.98 Å². The molecule has 1 unspecified atom stereocenters. The van der Waals surface area contributed by atoms with Crippen molar-refractivity contribution in [3.63, 3.8) is 0 Å². The molecule has 0 spiro atoms. The van der Waals surface area contributed by atoms with Gasteiger partial charge in [0.25, 0.3) is 0 Å². The molecule has 1 aliphatic carbocycles. The number of hydrogen-bond acceptors (Lipinski definition) is 3. The summed E-state index contributed by atoms with van der Waals surface area (Å²) in [5, 5.41) is 3.71. The lowest BCUT2D eigenvalue weighted by molar-refractivity contribution is 0.354. The Bertz CT molecular complexity index is 400. The summed E-state index contributed by atoms with van der Waals surface area (Å²) in [5.41, 5.74) is 1.27. The summed E-state index contributed by atoms with van der Waals surface area (Å²) in [6, 6.07) is 2.55. The van der Waals surface area contributed by atoms with E-state index in [-0.39, 0.29) is 0 Å². The van der Waals surface area contributed by atoms with E-state index in [4.69, 9.17) is 4.74 Å². The van der Waals surface area contributed by atoms with Crippen LogP contribution in [0.3, 0.4) is 0 Å². The fraction of sp³-hybridized carbons (Fsp3) is 0.722. The van der Waals surface area contributed by atoms with Crippen LogP contribution in [0.1, 0.15) is 69.9 Å². The molecular weight excluding hydrogens is 260 g/mol. The zero-order valence-electron chi connectivity index (χ0n) is 13.6. The molecule has 1 N–H and O–H groups in total. The molecule has 0 bridgehead atoms. The first-order chi connectivity index (χ1) is 10.3. The predicted octanol–water partition coefficient (Wildman–Crippen LogP) is 4.49. The van der Waals surface area contributed by atoms with Crippen LogP contribution in [-0.4, -0.2) is 18.6 Å². The van der Waals surface area contributed by atoms with Gasteiger partial charge in [-0.05, 0) is 36.9 Å². The predicted molar refractivity (Wildman–Crippen MR) is 87.6 cm³/mol. The molecular formula is C18H30N2O. The normalized spacial score (nSPS) is 18.2. The molecule has 3 heteroatoms. The highest BCUT2D eigenvalue weighted by molar-refractivity contribution is 5.26. The molecule has 0 aromatic carbocycles. The zero-order valence-corrected chi connectivity index (χ0v) is 13.6. The molecule has 21 heavy (non-hydrogen) atoms. The van der Waals surface area contributed by atoms with Gasteiger partial charge in [0.1, 0.15) is 5.75 Å². The van der Waals surface area contributed by atoms with Crippen LogP contribution in [0.25, 0.3) is 0 Å². The summed E-state index contributed by atoms with van der Waals surface area (Å²) in [7, 11) is 1.71. The van der Waals surface area contributed by atoms with Gasteiger partial charge in [0.2, 0.25) is 0 Å². The van der Waals surface area contributed by atoms with Crippen LogP contribution >= 0.6 is 0 Å². The molecule has 1 saturated carbocycles. The number of pyridine rings is 1. The summed E-state index contributed by atoms with van der Waals surface area (Å²) in [5.74, 6) is 1.71. The molecule has 1 aliphatic rings. The van der Waals surface area contributed by atoms with Crippen molar-refractivity contribution < 1.29 is 4.74 Å². The third kappa shape index (κ3) is 5.31. The van der Waals surface area contributed by atoms with Crippen molar-refractivity contribution in [2.45, 2.75) is 64.3 Å². The third-order valence-electron chi connectivity index (χ3n) is 4.56. The first kappa shape index (κ1) is 16.3. The van der Waals surface area contributed by atoms with E-state index < -0.39 is 0 Å². The van der Waals surface area contributed by atoms with Crippen LogP contribution in [0.4, 0.5) is 0 Å². The highest BCUT2D eigenvalue weighted by Crippen LogP contribution is 2.31. The molecule has 1 heterocycles. The van der Waals surface area contributed by atoms with Crippen molar-refractivity contribution in [3.05, 3.63) is 24.0 Å². The third-order valence-corrected chi connectivity index (χ3v) is 4.56. The van der Waals surface area contributed by atoms with E-state index in [1.54, 1.807) is 13.3 Å². The second kappa shape index (κ2) is 9.04. The minimum absolute atomic E-state index is 0.413. The Morgan fingerprint density at radius 3 is 2.67 bits per heavy atom. The van der Waals surface area contributed by atoms with Gasteiger partial charge < -0.3 is 10.1 Å². The minimum atomic E-state index is 0.413. The number of nitrogens with zero attached hydrogens (tertiary/aromatic N) is 1. The number of rotatable bonds is 7. The Labute approximate surface area is 129 Å². The van der Waals surface area contributed by atoms with E-state index >= 15 is 0 Å². The van der Waals surface area contributed by atoms with Crippen LogP contribution in [0.15, 0.2) is 18.5 Å². The quantitative estimate of drug-likeness (QED) is 0.751. The lowest BCUT2D eigenvalue weighted by atomic mass is 9.90. The highest BCUT2D eigenvalue weighted by Gasteiger charge is 2.19. The minimum Gasteiger partial charge on any atom is -0.495 e. The number of aromatic nitrogens is 1. The van der Waals surface area contributed by atoms with Gasteiger partial charge in [0, 0.05) is 12.2 Å². The van der Waals surface area contributed by atoms with E-state index in [1.165, 1.54) is 56.9 Å². The van der Waals surface area contributed by atoms with Crippen molar-refractivity contribution in [3.8, 4) is 5.75 Å². The summed E-state index contributed by atoms with van der Waals surface area (Å²) in [6.07, 6.45) is 14.6. The van der Waals surface area contributed by atoms with Gasteiger partial charge in [-0.25, -0.2) is 0 Å². The Balaban J connectivity index is 2.04. The smallest absolute Gasteiger partial charge is 0.137 e. The van der Waals surface area contributed by atoms with Gasteiger partial charge in [-0.2, -0.15) is 0 Å². The molecule has 1 fully saturated rings. The van der Waals surface area contributed by atoms with Crippen molar-refractivity contribution in [2.75, 3.05) is 13.7 Å². The van der Waals surface area contributed by atoms with Gasteiger partial charge >= 0.3 is 0 Å². The maximum Gasteiger partial charge on any atom is 0.137 e. The van der Waals surface area contributed by atoms with Crippen LogP contribution in [0, 0.1) is 5.92 Å². The molecule has 1 aromatic heterocycles. The Morgan fingerprint density at radius 2 is 2.00 bits per heavy atom. The number of hydrogen-bond donors (Lipinski definition) is 1. The first-order valence-corrected chi connectivity index (χ1v) is 8.55. The largest absolute Gasteiger partial charge is 0.495 e. The number of methoxy groups -OCH3 is 1. The number of nitrogens with one attached hydrogen (secondary N) is 1. The van der Waals surface area contributed by atoms with Crippen LogP contribution in [-0.2, 0) is 0 Å². The van der Waals surface area contributed by atoms with Crippen molar-refractivity contribution in [1.29, 1.82) is 0 Å². The van der Waals surface area contributed by atoms with Crippen molar-refractivity contribution in [2.24, 2.45) is 5.92 Å². The molecule has 3 nitrogen and oxygen atoms in total. The van der Waals surface area contributed by atoms with E-state index in [0.29, 0.717) is 6.04 Å². The van der Waals surface area contributed by atoms with E-state index in [1.807, 2.05) is 6.20 Å². The molecule has 2 rings (SSSR count). The van der Waals surface area contributed by atoms with E-state index in [2.05, 4.69) is 23.3 Å². The fourth-order valence-corrected chi connectivity index (χ4v) is 3.33. The molecule has 1 atom stereocenters. The Morgan fingerprint density at radius 1 is 1.24 bits per heavy atom. The summed E-state index contributed by atoms with van der Waals surface area (Å²) in [6.45, 7) is 3.29. The first-order valence-electron chi connectivity index (χ1n) is 8.55. The van der Waals surface area contributed by atoms with Gasteiger partial charge in [-0.1, -0.05) is 45.4 Å². The van der Waals surface area contributed by atoms with Gasteiger partial charge in [0.15, 0.2) is 0 Å². The Kier molecular flexibility index (Phi) is 7.01. The maximum absolute atomic E-state index is 5.33. The summed E-state index contributed by atoms with van der Waals surface area (Å²) >= 11 is 0.